The van der Waals surface area contributed by atoms with E-state index in [2.05, 4.69) is 89.3 Å². The number of hydrogen-bond donors (Lipinski definition) is 1. The maximum atomic E-state index is 11.8. The van der Waals surface area contributed by atoms with Crippen LogP contribution in [0.3, 0.4) is 0 Å². The van der Waals surface area contributed by atoms with Crippen LogP contribution in [0.4, 0.5) is 0 Å². The van der Waals surface area contributed by atoms with Crippen LogP contribution in [0.5, 0.6) is 0 Å². The number of carbonyl (C=O) groups excluding carboxylic acids is 1. The highest BCUT2D eigenvalue weighted by Crippen LogP contribution is 2.34. The first-order chi connectivity index (χ1) is 20.3. The number of aldehydes is 1. The van der Waals surface area contributed by atoms with Gasteiger partial charge in [-0.1, -0.05) is 128 Å². The quantitative estimate of drug-likeness (QED) is 0.0411. The highest BCUT2D eigenvalue weighted by Gasteiger charge is 2.28. The zero-order valence-corrected chi connectivity index (χ0v) is 30.0. The van der Waals surface area contributed by atoms with Crippen molar-refractivity contribution in [3.05, 3.63) is 59.7 Å². The van der Waals surface area contributed by atoms with Crippen LogP contribution < -0.4 is 0 Å². The summed E-state index contributed by atoms with van der Waals surface area (Å²) in [6.07, 6.45) is 23.2. The van der Waals surface area contributed by atoms with Crippen LogP contribution >= 0.6 is 11.8 Å². The number of nitrogens with zero attached hydrogens (tertiary/aromatic N) is 1. The second-order valence-corrected chi connectivity index (χ2v) is 15.2. The topological polar surface area (TPSA) is 44.2 Å². The van der Waals surface area contributed by atoms with Gasteiger partial charge in [0.1, 0.15) is 6.29 Å². The van der Waals surface area contributed by atoms with Gasteiger partial charge in [0.15, 0.2) is 0 Å². The fourth-order valence-corrected chi connectivity index (χ4v) is 6.84. The van der Waals surface area contributed by atoms with Crippen LogP contribution in [-0.4, -0.2) is 28.8 Å². The molecule has 0 aliphatic heterocycles. The third-order valence-corrected chi connectivity index (χ3v) is 9.56. The van der Waals surface area contributed by atoms with Crippen molar-refractivity contribution >= 4 is 23.1 Å². The van der Waals surface area contributed by atoms with Crippen molar-refractivity contribution in [2.45, 2.75) is 138 Å². The fraction of sp³-hybridized carbons (Fsp3) is 0.692. The lowest BCUT2D eigenvalue weighted by atomic mass is 9.80. The Balaban J connectivity index is 3.12. The molecule has 0 saturated carbocycles. The van der Waals surface area contributed by atoms with Gasteiger partial charge in [0.25, 0.3) is 0 Å². The molecule has 4 heteroatoms. The Morgan fingerprint density at radius 2 is 1.86 bits per heavy atom. The number of nitrogens with one attached hydrogen (secondary N) is 1. The molecule has 4 atom stereocenters. The zero-order chi connectivity index (χ0) is 32.4. The highest BCUT2D eigenvalue weighted by atomic mass is 32.2. The molecule has 1 rings (SSSR count). The summed E-state index contributed by atoms with van der Waals surface area (Å²) >= 11 is 1.56. The molecule has 0 aromatic carbocycles. The van der Waals surface area contributed by atoms with Crippen LogP contribution in [0, 0.1) is 34.5 Å². The first-order valence-electron chi connectivity index (χ1n) is 17.2. The van der Waals surface area contributed by atoms with Crippen molar-refractivity contribution in [2.75, 3.05) is 6.54 Å². The molecule has 0 radical (unpaired) electrons. The lowest BCUT2D eigenvalue weighted by Crippen LogP contribution is -2.41. The highest BCUT2D eigenvalue weighted by molar-refractivity contribution is 8.16. The summed E-state index contributed by atoms with van der Waals surface area (Å²) in [5.74, 6) is 1.46. The molecular formula is C39H66N2OS. The van der Waals surface area contributed by atoms with Crippen molar-refractivity contribution in [2.24, 2.45) is 29.1 Å². The molecule has 0 bridgehead atoms. The molecule has 3 nitrogen and oxygen atoms in total. The molecule has 1 N–H and O–H groups in total. The molecule has 244 valence electrons. The Bertz CT molecular complexity index is 956. The van der Waals surface area contributed by atoms with Crippen LogP contribution in [0.15, 0.2) is 59.7 Å². The number of carbonyl (C=O) groups is 1. The third kappa shape index (κ3) is 16.2. The average molecular weight is 611 g/mol. The van der Waals surface area contributed by atoms with Gasteiger partial charge in [-0.25, -0.2) is 0 Å². The van der Waals surface area contributed by atoms with Gasteiger partial charge in [-0.3, -0.25) is 5.41 Å². The second kappa shape index (κ2) is 21.0. The maximum absolute atomic E-state index is 11.8. The molecule has 0 aromatic heterocycles. The fourth-order valence-electron chi connectivity index (χ4n) is 6.02. The van der Waals surface area contributed by atoms with Crippen molar-refractivity contribution in [1.29, 1.82) is 5.41 Å². The molecular weight excluding hydrogens is 545 g/mol. The van der Waals surface area contributed by atoms with Crippen LogP contribution in [0.2, 0.25) is 0 Å². The largest absolute Gasteiger partial charge is 0.372 e. The van der Waals surface area contributed by atoms with E-state index in [0.29, 0.717) is 22.9 Å². The molecule has 0 spiro atoms. The minimum absolute atomic E-state index is 0.131. The van der Waals surface area contributed by atoms with Gasteiger partial charge < -0.3 is 9.69 Å². The van der Waals surface area contributed by atoms with Gasteiger partial charge in [0.05, 0.1) is 5.04 Å². The Morgan fingerprint density at radius 3 is 2.42 bits per heavy atom. The first-order valence-corrected chi connectivity index (χ1v) is 18.0. The predicted molar refractivity (Wildman–Crippen MR) is 194 cm³/mol. The van der Waals surface area contributed by atoms with E-state index in [9.17, 15) is 10.2 Å². The van der Waals surface area contributed by atoms with Gasteiger partial charge in [-0.15, -0.1) is 6.58 Å². The first kappa shape index (κ1) is 39.2. The summed E-state index contributed by atoms with van der Waals surface area (Å²) in [6, 6.07) is 0.355. The van der Waals surface area contributed by atoms with Gasteiger partial charge >= 0.3 is 0 Å². The number of allylic oxidation sites excluding steroid dienone is 7. The van der Waals surface area contributed by atoms with E-state index in [1.807, 2.05) is 13.8 Å². The Morgan fingerprint density at radius 1 is 1.16 bits per heavy atom. The SMILES string of the molecule is C=C(C)CC(CC(C(C)C)N(CCCCCC)C(=C)CCCC)C(=N)S/C=C/C(CC1=CCC(C)C=C1)CC(C)(C)C=O. The van der Waals surface area contributed by atoms with Gasteiger partial charge in [0, 0.05) is 29.6 Å². The molecule has 0 fully saturated rings. The monoisotopic (exact) mass is 610 g/mol. The van der Waals surface area contributed by atoms with Crippen LogP contribution in [-0.2, 0) is 4.79 Å². The normalized spacial score (nSPS) is 17.5. The maximum Gasteiger partial charge on any atom is 0.125 e. The van der Waals surface area contributed by atoms with E-state index in [1.165, 1.54) is 49.8 Å². The molecule has 4 unspecified atom stereocenters. The standard InChI is InChI=1S/C39H66N2OS/c1-11-13-15-16-23-41(33(8)17-14-12-2)37(31(5)6)27-36(25-30(3)4)38(40)43-24-22-35(28-39(9,10)29-42)26-34-20-18-32(7)19-21-34/h18,20-22,24,29,31-32,35-37,40H,3,8,11-17,19,23,25-28H2,1-2,4-7,9-10H3/b24-22+,40-38?. The summed E-state index contributed by atoms with van der Waals surface area (Å²) in [5, 5.41) is 12.1. The Labute approximate surface area is 271 Å². The molecule has 0 amide bonds. The lowest BCUT2D eigenvalue weighted by Gasteiger charge is -2.40. The summed E-state index contributed by atoms with van der Waals surface area (Å²) in [7, 11) is 0. The zero-order valence-electron chi connectivity index (χ0n) is 29.2. The number of hydrogen-bond acceptors (Lipinski definition) is 4. The van der Waals surface area contributed by atoms with Crippen molar-refractivity contribution in [1.82, 2.24) is 4.90 Å². The summed E-state index contributed by atoms with van der Waals surface area (Å²) in [4.78, 5) is 14.4. The molecule has 0 heterocycles. The van der Waals surface area contributed by atoms with E-state index in [1.54, 1.807) is 11.8 Å². The number of thioether (sulfide) groups is 1. The molecule has 43 heavy (non-hydrogen) atoms. The molecule has 1 aliphatic carbocycles. The third-order valence-electron chi connectivity index (χ3n) is 8.68. The molecule has 0 saturated heterocycles. The van der Waals surface area contributed by atoms with E-state index in [-0.39, 0.29) is 17.3 Å². The van der Waals surface area contributed by atoms with Crippen molar-refractivity contribution < 1.29 is 4.79 Å². The van der Waals surface area contributed by atoms with Gasteiger partial charge in [-0.05, 0) is 81.5 Å². The lowest BCUT2D eigenvalue weighted by molar-refractivity contribution is -0.115. The van der Waals surface area contributed by atoms with Gasteiger partial charge in [0.2, 0.25) is 0 Å². The van der Waals surface area contributed by atoms with Crippen molar-refractivity contribution in [3.63, 3.8) is 0 Å². The number of unbranched alkanes of at least 4 members (excludes halogenated alkanes) is 4. The van der Waals surface area contributed by atoms with Crippen LogP contribution in [0.25, 0.3) is 0 Å². The summed E-state index contributed by atoms with van der Waals surface area (Å²) in [5.41, 5.74) is 3.40. The van der Waals surface area contributed by atoms with Crippen molar-refractivity contribution in [3.8, 4) is 0 Å². The summed E-state index contributed by atoms with van der Waals surface area (Å²) in [6.45, 7) is 27.5. The second-order valence-electron chi connectivity index (χ2n) is 14.3. The Hall–Kier alpha value is -1.81. The van der Waals surface area contributed by atoms with E-state index >= 15 is 0 Å². The van der Waals surface area contributed by atoms with E-state index in [4.69, 9.17) is 0 Å². The summed E-state index contributed by atoms with van der Waals surface area (Å²) < 4.78 is 0. The van der Waals surface area contributed by atoms with Gasteiger partial charge in [-0.2, -0.15) is 0 Å². The molecule has 0 aromatic rings. The predicted octanol–water partition coefficient (Wildman–Crippen LogP) is 11.9. The van der Waals surface area contributed by atoms with E-state index < -0.39 is 0 Å². The van der Waals surface area contributed by atoms with Crippen LogP contribution in [0.1, 0.15) is 132 Å². The number of rotatable bonds is 23. The average Bonchev–Trinajstić information content (AvgIpc) is 2.95. The minimum Gasteiger partial charge on any atom is -0.372 e. The van der Waals surface area contributed by atoms with E-state index in [0.717, 1.165) is 56.9 Å². The Kier molecular flexibility index (Phi) is 19.2. The minimum atomic E-state index is -0.368. The smallest absolute Gasteiger partial charge is 0.125 e. The molecule has 1 aliphatic rings.